The first kappa shape index (κ1) is 13.3. The minimum atomic E-state index is -1.13. The Morgan fingerprint density at radius 2 is 1.10 bits per heavy atom. The molecular formula is C7H21AlOSi. The predicted molar refractivity (Wildman–Crippen MR) is 53.7 cm³/mol. The summed E-state index contributed by atoms with van der Waals surface area (Å²) in [5, 5.41) is 0. The van der Waals surface area contributed by atoms with Crippen molar-refractivity contribution in [1.82, 2.24) is 0 Å². The van der Waals surface area contributed by atoms with Crippen LogP contribution in [0.4, 0.5) is 0 Å². The Kier molecular flexibility index (Phi) is 8.55. The van der Waals surface area contributed by atoms with E-state index < -0.39 is 8.32 Å². The molecule has 0 aliphatic carbocycles. The van der Waals surface area contributed by atoms with Crippen molar-refractivity contribution in [3.8, 4) is 0 Å². The fourth-order valence-corrected chi connectivity index (χ4v) is 0. The van der Waals surface area contributed by atoms with Crippen molar-refractivity contribution in [2.45, 2.75) is 37.0 Å². The monoisotopic (exact) mass is 176 g/mol. The fourth-order valence-electron chi connectivity index (χ4n) is 0. The summed E-state index contributed by atoms with van der Waals surface area (Å²) >= 11 is -0.139. The zero-order valence-corrected chi connectivity index (χ0v) is 10.6. The minimum absolute atomic E-state index is 0.139. The molecule has 62 valence electrons. The quantitative estimate of drug-likeness (QED) is 0.558. The van der Waals surface area contributed by atoms with Crippen LogP contribution < -0.4 is 0 Å². The first-order valence-electron chi connectivity index (χ1n) is 3.84. The molecule has 0 spiro atoms. The largest absolute Gasteiger partial charge is 0.421 e. The molecule has 0 heterocycles. The molecule has 0 radical (unpaired) electrons. The molecule has 0 saturated carbocycles. The van der Waals surface area contributed by atoms with E-state index >= 15 is 0 Å². The van der Waals surface area contributed by atoms with Crippen LogP contribution in [-0.2, 0) is 4.43 Å². The smallest absolute Gasteiger partial charge is 0.251 e. The summed E-state index contributed by atoms with van der Waals surface area (Å²) in [4.78, 5) is 0. The zero-order valence-electron chi connectivity index (χ0n) is 8.49. The lowest BCUT2D eigenvalue weighted by atomic mass is 11.8. The maximum Gasteiger partial charge on any atom is 0.251 e. The van der Waals surface area contributed by atoms with Crippen LogP contribution in [-0.4, -0.2) is 29.6 Å². The molecule has 1 nitrogen and oxygen atoms in total. The van der Waals surface area contributed by atoms with E-state index in [0.29, 0.717) is 0 Å². The van der Waals surface area contributed by atoms with E-state index in [1.165, 1.54) is 0 Å². The second kappa shape index (κ2) is 6.42. The second-order valence-electron chi connectivity index (χ2n) is 4.05. The molecule has 0 aromatic rings. The van der Waals surface area contributed by atoms with E-state index in [2.05, 4.69) is 37.0 Å². The highest BCUT2D eigenvalue weighted by atomic mass is 28.4. The lowest BCUT2D eigenvalue weighted by Crippen LogP contribution is -2.22. The van der Waals surface area contributed by atoms with Crippen molar-refractivity contribution in [3.05, 3.63) is 0 Å². The van der Waals surface area contributed by atoms with Gasteiger partial charge in [-0.25, -0.2) is 0 Å². The van der Waals surface area contributed by atoms with Gasteiger partial charge in [-0.2, -0.15) is 0 Å². The van der Waals surface area contributed by atoms with Gasteiger partial charge >= 0.3 is 0 Å². The van der Waals surface area contributed by atoms with Crippen molar-refractivity contribution >= 4 is 22.5 Å². The SMILES string of the molecule is CO[Si](C)(C)C.[CH3][Al]([CH3])[CH3]. The lowest BCUT2D eigenvalue weighted by molar-refractivity contribution is 0.411. The Labute approximate surface area is 71.3 Å². The average molecular weight is 176 g/mol. The Hall–Kier alpha value is 0.709. The van der Waals surface area contributed by atoms with Crippen molar-refractivity contribution in [2.75, 3.05) is 7.11 Å². The Morgan fingerprint density at radius 3 is 1.10 bits per heavy atom. The van der Waals surface area contributed by atoms with Gasteiger partial charge in [0.25, 0.3) is 14.1 Å². The molecule has 10 heavy (non-hydrogen) atoms. The van der Waals surface area contributed by atoms with Crippen LogP contribution in [0.3, 0.4) is 0 Å². The topological polar surface area (TPSA) is 9.23 Å². The third kappa shape index (κ3) is 37.6. The number of hydrogen-bond acceptors (Lipinski definition) is 1. The molecule has 0 N–H and O–H groups in total. The Morgan fingerprint density at radius 1 is 1.00 bits per heavy atom. The highest BCUT2D eigenvalue weighted by Gasteiger charge is 2.09. The molecular weight excluding hydrogens is 155 g/mol. The number of hydrogen-bond donors (Lipinski definition) is 0. The van der Waals surface area contributed by atoms with Crippen LogP contribution in [0.5, 0.6) is 0 Å². The van der Waals surface area contributed by atoms with Crippen molar-refractivity contribution in [3.63, 3.8) is 0 Å². The molecule has 0 aliphatic rings. The molecule has 3 heteroatoms. The van der Waals surface area contributed by atoms with Gasteiger partial charge < -0.3 is 4.43 Å². The van der Waals surface area contributed by atoms with Crippen LogP contribution in [0.25, 0.3) is 0 Å². The summed E-state index contributed by atoms with van der Waals surface area (Å²) in [7, 11) is 0.639. The van der Waals surface area contributed by atoms with Crippen LogP contribution in [0.1, 0.15) is 0 Å². The van der Waals surface area contributed by atoms with Crippen LogP contribution in [0.2, 0.25) is 37.0 Å². The predicted octanol–water partition coefficient (Wildman–Crippen LogP) is 2.84. The third-order valence-corrected chi connectivity index (χ3v) is 1.84. The average Bonchev–Trinajstić information content (AvgIpc) is 1.63. The fraction of sp³-hybridized carbons (Fsp3) is 1.00. The Bertz CT molecular complexity index is 65.7. The van der Waals surface area contributed by atoms with E-state index in [1.807, 2.05) is 0 Å². The summed E-state index contributed by atoms with van der Waals surface area (Å²) in [5.41, 5.74) is 0. The maximum atomic E-state index is 5.08. The molecule has 0 aromatic heterocycles. The molecule has 0 fully saturated rings. The molecule has 0 aliphatic heterocycles. The van der Waals surface area contributed by atoms with Gasteiger partial charge in [-0.15, -0.1) is 17.4 Å². The van der Waals surface area contributed by atoms with Crippen molar-refractivity contribution < 1.29 is 4.43 Å². The van der Waals surface area contributed by atoms with Crippen LogP contribution in [0.15, 0.2) is 0 Å². The van der Waals surface area contributed by atoms with Gasteiger partial charge in [-0.3, -0.25) is 0 Å². The van der Waals surface area contributed by atoms with Crippen LogP contribution >= 0.6 is 0 Å². The Balaban J connectivity index is 0. The van der Waals surface area contributed by atoms with Crippen molar-refractivity contribution in [1.29, 1.82) is 0 Å². The summed E-state index contributed by atoms with van der Waals surface area (Å²) in [5.74, 6) is 6.92. The van der Waals surface area contributed by atoms with E-state index in [-0.39, 0.29) is 14.1 Å². The van der Waals surface area contributed by atoms with Gasteiger partial charge in [0.15, 0.2) is 8.32 Å². The molecule has 0 amide bonds. The lowest BCUT2D eigenvalue weighted by Gasteiger charge is -2.10. The van der Waals surface area contributed by atoms with E-state index in [0.717, 1.165) is 0 Å². The van der Waals surface area contributed by atoms with Gasteiger partial charge in [-0.05, 0) is 19.6 Å². The highest BCUT2D eigenvalue weighted by Crippen LogP contribution is 1.97. The van der Waals surface area contributed by atoms with Crippen molar-refractivity contribution in [2.24, 2.45) is 0 Å². The molecule has 0 saturated heterocycles. The van der Waals surface area contributed by atoms with E-state index in [4.69, 9.17) is 4.43 Å². The van der Waals surface area contributed by atoms with Gasteiger partial charge in [0.05, 0.1) is 0 Å². The molecule has 0 bridgehead atoms. The first-order valence-corrected chi connectivity index (χ1v) is 10.7. The third-order valence-electron chi connectivity index (χ3n) is 0.612. The first-order chi connectivity index (χ1) is 4.29. The van der Waals surface area contributed by atoms with E-state index in [9.17, 15) is 0 Å². The van der Waals surface area contributed by atoms with Gasteiger partial charge in [-0.1, -0.05) is 0 Å². The number of rotatable bonds is 1. The minimum Gasteiger partial charge on any atom is -0.421 e. The highest BCUT2D eigenvalue weighted by molar-refractivity contribution is 6.69. The normalized spacial score (nSPS) is 9.90. The summed E-state index contributed by atoms with van der Waals surface area (Å²) < 4.78 is 5.08. The summed E-state index contributed by atoms with van der Waals surface area (Å²) in [6.45, 7) is 6.48. The zero-order chi connectivity index (χ0) is 8.78. The van der Waals surface area contributed by atoms with Crippen LogP contribution in [0, 0.1) is 0 Å². The van der Waals surface area contributed by atoms with Gasteiger partial charge in [0, 0.05) is 7.11 Å². The maximum absolute atomic E-state index is 5.08. The standard InChI is InChI=1S/C4H12OSi.3CH3.Al/c1-5-6(2,3)4;;;;/h1-4H3;3*1H3;. The molecule has 0 unspecified atom stereocenters. The van der Waals surface area contributed by atoms with Gasteiger partial charge in [0.1, 0.15) is 0 Å². The second-order valence-corrected chi connectivity index (χ2v) is 12.1. The molecule has 0 rings (SSSR count). The van der Waals surface area contributed by atoms with Gasteiger partial charge in [0.2, 0.25) is 0 Å². The summed E-state index contributed by atoms with van der Waals surface area (Å²) in [6, 6.07) is 0. The van der Waals surface area contributed by atoms with E-state index in [1.54, 1.807) is 7.11 Å². The molecule has 0 atom stereocenters. The molecule has 0 aromatic carbocycles. The summed E-state index contributed by atoms with van der Waals surface area (Å²) in [6.07, 6.45) is 0.